The monoisotopic (exact) mass is 349 g/mol. The van der Waals surface area contributed by atoms with E-state index in [1.54, 1.807) is 11.3 Å². The average molecular weight is 350 g/mol. The third-order valence-corrected chi connectivity index (χ3v) is 5.56. The minimum absolute atomic E-state index is 0.278. The lowest BCUT2D eigenvalue weighted by atomic mass is 10.1. The molecular formula is C15H16BrN3S. The first-order chi connectivity index (χ1) is 9.70. The second-order valence-corrected chi connectivity index (χ2v) is 6.56. The molecule has 104 valence electrons. The Morgan fingerprint density at radius 1 is 1.35 bits per heavy atom. The van der Waals surface area contributed by atoms with Gasteiger partial charge in [-0.05, 0) is 46.6 Å². The summed E-state index contributed by atoms with van der Waals surface area (Å²) < 4.78 is 3.35. The molecule has 0 bridgehead atoms. The van der Waals surface area contributed by atoms with E-state index in [0.29, 0.717) is 0 Å². The highest BCUT2D eigenvalue weighted by atomic mass is 79.9. The van der Waals surface area contributed by atoms with Crippen LogP contribution in [-0.2, 0) is 13.5 Å². The van der Waals surface area contributed by atoms with E-state index in [9.17, 15) is 0 Å². The zero-order valence-corrected chi connectivity index (χ0v) is 13.8. The highest BCUT2D eigenvalue weighted by molar-refractivity contribution is 9.10. The van der Waals surface area contributed by atoms with Gasteiger partial charge in [-0.1, -0.05) is 12.1 Å². The number of likely N-dealkylation sites (N-methyl/N-ethyl adjacent to an activating group) is 1. The fourth-order valence-electron chi connectivity index (χ4n) is 2.44. The van der Waals surface area contributed by atoms with Crippen molar-refractivity contribution < 1.29 is 0 Å². The number of hydrogen-bond donors (Lipinski definition) is 1. The van der Waals surface area contributed by atoms with Gasteiger partial charge in [0.1, 0.15) is 5.82 Å². The lowest BCUT2D eigenvalue weighted by Crippen LogP contribution is -2.19. The molecule has 0 aliphatic carbocycles. The van der Waals surface area contributed by atoms with Gasteiger partial charge in [-0.15, -0.1) is 11.3 Å². The molecule has 3 rings (SSSR count). The molecule has 0 fully saturated rings. The lowest BCUT2D eigenvalue weighted by molar-refractivity contribution is 0.573. The fraction of sp³-hybridized carbons (Fsp3) is 0.267. The van der Waals surface area contributed by atoms with Crippen molar-refractivity contribution in [2.75, 3.05) is 7.05 Å². The summed E-state index contributed by atoms with van der Waals surface area (Å²) in [6, 6.07) is 10.6. The molecule has 0 aliphatic rings. The topological polar surface area (TPSA) is 29.9 Å². The van der Waals surface area contributed by atoms with Crippen LogP contribution in [0, 0.1) is 0 Å². The molecule has 0 saturated heterocycles. The van der Waals surface area contributed by atoms with Crippen molar-refractivity contribution in [1.29, 1.82) is 0 Å². The van der Waals surface area contributed by atoms with E-state index in [2.05, 4.69) is 62.5 Å². The molecule has 0 spiro atoms. The molecule has 0 amide bonds. The first-order valence-corrected chi connectivity index (χ1v) is 8.18. The predicted molar refractivity (Wildman–Crippen MR) is 88.2 cm³/mol. The van der Waals surface area contributed by atoms with Crippen LogP contribution in [-0.4, -0.2) is 16.6 Å². The number of rotatable bonds is 4. The SMILES string of the molecule is CNC(Cc1nc2ccccc2n1C)c1sccc1Br. The number of nitrogens with zero attached hydrogens (tertiary/aromatic N) is 2. The van der Waals surface area contributed by atoms with Gasteiger partial charge in [-0.25, -0.2) is 4.98 Å². The number of aromatic nitrogens is 2. The van der Waals surface area contributed by atoms with Gasteiger partial charge in [0, 0.05) is 28.9 Å². The highest BCUT2D eigenvalue weighted by Gasteiger charge is 2.18. The van der Waals surface area contributed by atoms with Gasteiger partial charge < -0.3 is 9.88 Å². The van der Waals surface area contributed by atoms with Crippen LogP contribution in [0.4, 0.5) is 0 Å². The molecule has 0 aliphatic heterocycles. The highest BCUT2D eigenvalue weighted by Crippen LogP contribution is 2.31. The smallest absolute Gasteiger partial charge is 0.111 e. The number of fused-ring (bicyclic) bond motifs is 1. The zero-order valence-electron chi connectivity index (χ0n) is 11.4. The maximum atomic E-state index is 4.75. The van der Waals surface area contributed by atoms with Crippen LogP contribution in [0.15, 0.2) is 40.2 Å². The Hall–Kier alpha value is -1.17. The standard InChI is InChI=1S/C15H16BrN3S/c1-17-12(15-10(16)7-8-20-15)9-14-18-11-5-3-4-6-13(11)19(14)2/h3-8,12,17H,9H2,1-2H3. The van der Waals surface area contributed by atoms with E-state index >= 15 is 0 Å². The van der Waals surface area contributed by atoms with Crippen LogP contribution in [0.3, 0.4) is 0 Å². The van der Waals surface area contributed by atoms with Crippen molar-refractivity contribution in [2.45, 2.75) is 12.5 Å². The van der Waals surface area contributed by atoms with E-state index in [1.165, 1.54) is 14.9 Å². The van der Waals surface area contributed by atoms with E-state index < -0.39 is 0 Å². The third-order valence-electron chi connectivity index (χ3n) is 3.58. The van der Waals surface area contributed by atoms with Crippen LogP contribution in [0.5, 0.6) is 0 Å². The largest absolute Gasteiger partial charge is 0.331 e. The number of imidazole rings is 1. The van der Waals surface area contributed by atoms with Gasteiger partial charge in [0.05, 0.1) is 11.0 Å². The van der Waals surface area contributed by atoms with Crippen molar-refractivity contribution in [3.05, 3.63) is 50.9 Å². The quantitative estimate of drug-likeness (QED) is 0.773. The van der Waals surface area contributed by atoms with Crippen molar-refractivity contribution in [3.63, 3.8) is 0 Å². The fourth-order valence-corrected chi connectivity index (χ4v) is 4.20. The minimum atomic E-state index is 0.278. The maximum absolute atomic E-state index is 4.75. The van der Waals surface area contributed by atoms with Crippen LogP contribution >= 0.6 is 27.3 Å². The van der Waals surface area contributed by atoms with Gasteiger partial charge in [0.2, 0.25) is 0 Å². The van der Waals surface area contributed by atoms with Crippen molar-refractivity contribution in [1.82, 2.24) is 14.9 Å². The molecule has 5 heteroatoms. The first-order valence-electron chi connectivity index (χ1n) is 6.51. The third kappa shape index (κ3) is 2.41. The second kappa shape index (κ2) is 5.68. The number of para-hydroxylation sites is 2. The Balaban J connectivity index is 1.95. The van der Waals surface area contributed by atoms with Crippen molar-refractivity contribution in [2.24, 2.45) is 7.05 Å². The Morgan fingerprint density at radius 3 is 2.80 bits per heavy atom. The molecule has 1 atom stereocenters. The Kier molecular flexibility index (Phi) is 3.92. The first kappa shape index (κ1) is 13.8. The number of nitrogens with one attached hydrogen (secondary N) is 1. The predicted octanol–water partition coefficient (Wildman–Crippen LogP) is 3.90. The van der Waals surface area contributed by atoms with Gasteiger partial charge >= 0.3 is 0 Å². The zero-order chi connectivity index (χ0) is 14.1. The summed E-state index contributed by atoms with van der Waals surface area (Å²) in [5, 5.41) is 5.50. The molecule has 3 aromatic rings. The Labute approximate surface area is 130 Å². The summed E-state index contributed by atoms with van der Waals surface area (Å²) in [6.07, 6.45) is 0.876. The molecule has 2 heterocycles. The lowest BCUT2D eigenvalue weighted by Gasteiger charge is -2.15. The number of aryl methyl sites for hydroxylation is 1. The van der Waals surface area contributed by atoms with Crippen molar-refractivity contribution in [3.8, 4) is 0 Å². The van der Waals surface area contributed by atoms with Crippen LogP contribution in [0.1, 0.15) is 16.7 Å². The van der Waals surface area contributed by atoms with E-state index in [-0.39, 0.29) is 6.04 Å². The molecular weight excluding hydrogens is 334 g/mol. The number of halogens is 1. The summed E-state index contributed by atoms with van der Waals surface area (Å²) in [6.45, 7) is 0. The summed E-state index contributed by atoms with van der Waals surface area (Å²) in [5.74, 6) is 1.10. The molecule has 1 N–H and O–H groups in total. The molecule has 1 aromatic carbocycles. The molecule has 3 nitrogen and oxygen atoms in total. The number of thiophene rings is 1. The summed E-state index contributed by atoms with van der Waals surface area (Å²) in [4.78, 5) is 6.07. The molecule has 2 aromatic heterocycles. The number of benzene rings is 1. The minimum Gasteiger partial charge on any atom is -0.331 e. The summed E-state index contributed by atoms with van der Waals surface area (Å²) >= 11 is 5.39. The van der Waals surface area contributed by atoms with Crippen molar-refractivity contribution >= 4 is 38.3 Å². The summed E-state index contributed by atoms with van der Waals surface area (Å²) in [7, 11) is 4.08. The summed E-state index contributed by atoms with van der Waals surface area (Å²) in [5.41, 5.74) is 2.24. The maximum Gasteiger partial charge on any atom is 0.111 e. The van der Waals surface area contributed by atoms with Gasteiger partial charge in [-0.3, -0.25) is 0 Å². The van der Waals surface area contributed by atoms with E-state index in [0.717, 1.165) is 17.8 Å². The Bertz CT molecular complexity index is 732. The van der Waals surface area contributed by atoms with Gasteiger partial charge in [0.15, 0.2) is 0 Å². The average Bonchev–Trinajstić information content (AvgIpc) is 3.01. The normalized spacial score (nSPS) is 12.9. The number of hydrogen-bond acceptors (Lipinski definition) is 3. The van der Waals surface area contributed by atoms with Crippen LogP contribution < -0.4 is 5.32 Å². The second-order valence-electron chi connectivity index (χ2n) is 4.75. The molecule has 20 heavy (non-hydrogen) atoms. The Morgan fingerprint density at radius 2 is 2.15 bits per heavy atom. The van der Waals surface area contributed by atoms with Gasteiger partial charge in [0.25, 0.3) is 0 Å². The molecule has 0 radical (unpaired) electrons. The van der Waals surface area contributed by atoms with Crippen LogP contribution in [0.2, 0.25) is 0 Å². The molecule has 0 saturated carbocycles. The molecule has 1 unspecified atom stereocenters. The van der Waals surface area contributed by atoms with Crippen LogP contribution in [0.25, 0.3) is 11.0 Å². The van der Waals surface area contributed by atoms with E-state index in [4.69, 9.17) is 4.98 Å². The van der Waals surface area contributed by atoms with Gasteiger partial charge in [-0.2, -0.15) is 0 Å². The van der Waals surface area contributed by atoms with E-state index in [1.807, 2.05) is 13.1 Å².